The van der Waals surface area contributed by atoms with Crippen LogP contribution in [0.2, 0.25) is 0 Å². The molecule has 0 aliphatic heterocycles. The predicted octanol–water partition coefficient (Wildman–Crippen LogP) is 3.49. The third kappa shape index (κ3) is 3.46. The van der Waals surface area contributed by atoms with Crippen molar-refractivity contribution in [3.8, 4) is 0 Å². The molecule has 0 aromatic heterocycles. The highest BCUT2D eigenvalue weighted by Crippen LogP contribution is 2.30. The standard InChI is InChI=1S/C14H24BrNO/c1-10-5-7-11(8-6-10)14(17)16-13-4-2-3-12(13)9-15/h10-13H,2-9H2,1H3,(H,16,17). The van der Waals surface area contributed by atoms with Gasteiger partial charge in [-0.3, -0.25) is 4.79 Å². The quantitative estimate of drug-likeness (QED) is 0.794. The molecule has 2 unspecified atom stereocenters. The van der Waals surface area contributed by atoms with Gasteiger partial charge in [0.15, 0.2) is 0 Å². The van der Waals surface area contributed by atoms with Gasteiger partial charge in [-0.1, -0.05) is 29.3 Å². The molecular formula is C14H24BrNO. The Bertz CT molecular complexity index is 261. The first kappa shape index (κ1) is 13.4. The summed E-state index contributed by atoms with van der Waals surface area (Å²) in [5, 5.41) is 4.32. The molecule has 0 saturated heterocycles. The summed E-state index contributed by atoms with van der Waals surface area (Å²) in [5.41, 5.74) is 0. The summed E-state index contributed by atoms with van der Waals surface area (Å²) in [6.45, 7) is 2.30. The minimum absolute atomic E-state index is 0.294. The first-order valence-corrected chi connectivity index (χ1v) is 8.19. The van der Waals surface area contributed by atoms with Crippen molar-refractivity contribution in [3.05, 3.63) is 0 Å². The lowest BCUT2D eigenvalue weighted by molar-refractivity contribution is -0.127. The maximum absolute atomic E-state index is 12.2. The second kappa shape index (κ2) is 6.21. The number of hydrogen-bond donors (Lipinski definition) is 1. The fraction of sp³-hybridized carbons (Fsp3) is 0.929. The van der Waals surface area contributed by atoms with E-state index in [-0.39, 0.29) is 0 Å². The molecule has 2 nitrogen and oxygen atoms in total. The highest BCUT2D eigenvalue weighted by Gasteiger charge is 2.31. The van der Waals surface area contributed by atoms with E-state index in [1.807, 2.05) is 0 Å². The Morgan fingerprint density at radius 3 is 2.53 bits per heavy atom. The SMILES string of the molecule is CC1CCC(C(=O)NC2CCCC2CBr)CC1. The van der Waals surface area contributed by atoms with E-state index < -0.39 is 0 Å². The Hall–Kier alpha value is -0.0500. The van der Waals surface area contributed by atoms with Gasteiger partial charge in [-0.15, -0.1) is 0 Å². The van der Waals surface area contributed by atoms with Crippen LogP contribution in [0.15, 0.2) is 0 Å². The van der Waals surface area contributed by atoms with Crippen molar-refractivity contribution in [2.24, 2.45) is 17.8 Å². The minimum Gasteiger partial charge on any atom is -0.353 e. The molecule has 1 amide bonds. The number of rotatable bonds is 3. The van der Waals surface area contributed by atoms with Crippen molar-refractivity contribution in [2.75, 3.05) is 5.33 Å². The molecule has 0 aromatic carbocycles. The summed E-state index contributed by atoms with van der Waals surface area (Å²) in [7, 11) is 0. The molecule has 17 heavy (non-hydrogen) atoms. The normalized spacial score (nSPS) is 38.0. The number of alkyl halides is 1. The molecule has 0 heterocycles. The van der Waals surface area contributed by atoms with E-state index in [1.165, 1.54) is 32.1 Å². The van der Waals surface area contributed by atoms with Crippen LogP contribution in [0, 0.1) is 17.8 Å². The van der Waals surface area contributed by atoms with Gasteiger partial charge in [0.1, 0.15) is 0 Å². The molecule has 0 bridgehead atoms. The van der Waals surface area contributed by atoms with Crippen LogP contribution in [0.4, 0.5) is 0 Å². The third-order valence-electron chi connectivity index (χ3n) is 4.57. The van der Waals surface area contributed by atoms with E-state index in [0.29, 0.717) is 23.8 Å². The molecule has 3 heteroatoms. The van der Waals surface area contributed by atoms with Gasteiger partial charge in [-0.25, -0.2) is 0 Å². The van der Waals surface area contributed by atoms with Gasteiger partial charge in [0, 0.05) is 17.3 Å². The molecule has 0 radical (unpaired) electrons. The molecule has 2 atom stereocenters. The van der Waals surface area contributed by atoms with Crippen molar-refractivity contribution < 1.29 is 4.79 Å². The van der Waals surface area contributed by atoms with Crippen LogP contribution < -0.4 is 5.32 Å². The van der Waals surface area contributed by atoms with Crippen LogP contribution in [-0.2, 0) is 4.79 Å². The van der Waals surface area contributed by atoms with Crippen LogP contribution in [0.3, 0.4) is 0 Å². The molecule has 2 rings (SSSR count). The van der Waals surface area contributed by atoms with Gasteiger partial charge in [0.25, 0.3) is 0 Å². The van der Waals surface area contributed by atoms with Gasteiger partial charge >= 0.3 is 0 Å². The number of carbonyl (C=O) groups is 1. The number of nitrogens with one attached hydrogen (secondary N) is 1. The Labute approximate surface area is 113 Å². The summed E-state index contributed by atoms with van der Waals surface area (Å²) in [6, 6.07) is 0.432. The Morgan fingerprint density at radius 1 is 1.18 bits per heavy atom. The van der Waals surface area contributed by atoms with Gasteiger partial charge in [0.05, 0.1) is 0 Å². The zero-order valence-corrected chi connectivity index (χ0v) is 12.3. The molecule has 0 aromatic rings. The van der Waals surface area contributed by atoms with Crippen LogP contribution in [0.25, 0.3) is 0 Å². The average molecular weight is 302 g/mol. The molecule has 1 N–H and O–H groups in total. The first-order chi connectivity index (χ1) is 8.20. The van der Waals surface area contributed by atoms with Crippen LogP contribution in [-0.4, -0.2) is 17.3 Å². The average Bonchev–Trinajstić information content (AvgIpc) is 2.77. The lowest BCUT2D eigenvalue weighted by Crippen LogP contribution is -2.42. The second-order valence-corrected chi connectivity index (χ2v) is 6.56. The highest BCUT2D eigenvalue weighted by molar-refractivity contribution is 9.09. The van der Waals surface area contributed by atoms with E-state index >= 15 is 0 Å². The largest absolute Gasteiger partial charge is 0.353 e. The second-order valence-electron chi connectivity index (χ2n) is 5.92. The fourth-order valence-corrected chi connectivity index (χ4v) is 4.01. The number of carbonyl (C=O) groups excluding carboxylic acids is 1. The molecular weight excluding hydrogens is 278 g/mol. The van der Waals surface area contributed by atoms with Crippen molar-refractivity contribution in [1.29, 1.82) is 0 Å². The third-order valence-corrected chi connectivity index (χ3v) is 5.40. The van der Waals surface area contributed by atoms with E-state index in [0.717, 1.165) is 24.1 Å². The Morgan fingerprint density at radius 2 is 1.88 bits per heavy atom. The molecule has 2 aliphatic carbocycles. The van der Waals surface area contributed by atoms with Gasteiger partial charge in [-0.05, 0) is 50.4 Å². The zero-order chi connectivity index (χ0) is 12.3. The molecule has 2 saturated carbocycles. The maximum Gasteiger partial charge on any atom is 0.223 e. The highest BCUT2D eigenvalue weighted by atomic mass is 79.9. The fourth-order valence-electron chi connectivity index (χ4n) is 3.23. The minimum atomic E-state index is 0.294. The van der Waals surface area contributed by atoms with Gasteiger partial charge in [0.2, 0.25) is 5.91 Å². The first-order valence-electron chi connectivity index (χ1n) is 7.07. The lowest BCUT2D eigenvalue weighted by Gasteiger charge is -2.28. The van der Waals surface area contributed by atoms with Crippen molar-refractivity contribution in [3.63, 3.8) is 0 Å². The summed E-state index contributed by atoms with van der Waals surface area (Å²) < 4.78 is 0. The van der Waals surface area contributed by atoms with E-state index in [9.17, 15) is 4.79 Å². The predicted molar refractivity (Wildman–Crippen MR) is 74.2 cm³/mol. The molecule has 2 fully saturated rings. The maximum atomic E-state index is 12.2. The number of amides is 1. The molecule has 98 valence electrons. The van der Waals surface area contributed by atoms with Crippen molar-refractivity contribution >= 4 is 21.8 Å². The van der Waals surface area contributed by atoms with Crippen LogP contribution in [0.1, 0.15) is 51.9 Å². The zero-order valence-electron chi connectivity index (χ0n) is 10.8. The molecule has 0 spiro atoms. The van der Waals surface area contributed by atoms with Crippen molar-refractivity contribution in [1.82, 2.24) is 5.32 Å². The van der Waals surface area contributed by atoms with Crippen LogP contribution >= 0.6 is 15.9 Å². The summed E-state index contributed by atoms with van der Waals surface area (Å²) in [6.07, 6.45) is 8.35. The van der Waals surface area contributed by atoms with Gasteiger partial charge < -0.3 is 5.32 Å². The summed E-state index contributed by atoms with van der Waals surface area (Å²) in [4.78, 5) is 12.2. The Balaban J connectivity index is 1.80. The Kier molecular flexibility index (Phi) is 4.89. The summed E-state index contributed by atoms with van der Waals surface area (Å²) in [5.74, 6) is 2.10. The number of halogens is 1. The van der Waals surface area contributed by atoms with E-state index in [1.54, 1.807) is 0 Å². The van der Waals surface area contributed by atoms with Crippen molar-refractivity contribution in [2.45, 2.75) is 57.9 Å². The van der Waals surface area contributed by atoms with E-state index in [4.69, 9.17) is 0 Å². The smallest absolute Gasteiger partial charge is 0.223 e. The summed E-state index contributed by atoms with van der Waals surface area (Å²) >= 11 is 3.56. The topological polar surface area (TPSA) is 29.1 Å². The van der Waals surface area contributed by atoms with Crippen LogP contribution in [0.5, 0.6) is 0 Å². The number of hydrogen-bond acceptors (Lipinski definition) is 1. The van der Waals surface area contributed by atoms with Gasteiger partial charge in [-0.2, -0.15) is 0 Å². The monoisotopic (exact) mass is 301 g/mol. The van der Waals surface area contributed by atoms with E-state index in [2.05, 4.69) is 28.2 Å². The lowest BCUT2D eigenvalue weighted by atomic mass is 9.82. The molecule has 2 aliphatic rings.